The summed E-state index contributed by atoms with van der Waals surface area (Å²) in [5.74, 6) is 0.774. The zero-order valence-electron chi connectivity index (χ0n) is 10.9. The molecule has 0 amide bonds. The van der Waals surface area contributed by atoms with Gasteiger partial charge in [0.25, 0.3) is 5.89 Å². The standard InChI is InChI=1S/C12H11N3O3S3/c1-8-14-15-12(18-8)10-4-5-11(20-10)21(16,17)13-7-9-3-2-6-19-9/h2-6,13H,7H2,1H3. The van der Waals surface area contributed by atoms with Gasteiger partial charge in [-0.2, -0.15) is 0 Å². The fourth-order valence-electron chi connectivity index (χ4n) is 1.63. The molecule has 0 aliphatic rings. The van der Waals surface area contributed by atoms with Gasteiger partial charge < -0.3 is 4.42 Å². The monoisotopic (exact) mass is 341 g/mol. The van der Waals surface area contributed by atoms with Gasteiger partial charge in [-0.15, -0.1) is 32.9 Å². The van der Waals surface area contributed by atoms with Gasteiger partial charge in [0.2, 0.25) is 15.9 Å². The molecule has 3 rings (SSSR count). The van der Waals surface area contributed by atoms with Crippen molar-refractivity contribution in [2.75, 3.05) is 0 Å². The molecule has 0 aliphatic heterocycles. The average Bonchev–Trinajstić information content (AvgIpc) is 3.17. The molecule has 1 N–H and O–H groups in total. The fourth-order valence-corrected chi connectivity index (χ4v) is 4.64. The Balaban J connectivity index is 1.78. The molecular weight excluding hydrogens is 330 g/mol. The summed E-state index contributed by atoms with van der Waals surface area (Å²) in [5.41, 5.74) is 0. The molecule has 0 atom stereocenters. The van der Waals surface area contributed by atoms with Gasteiger partial charge >= 0.3 is 0 Å². The number of nitrogens with one attached hydrogen (secondary N) is 1. The molecule has 0 bridgehead atoms. The maximum absolute atomic E-state index is 12.2. The Morgan fingerprint density at radius 3 is 2.81 bits per heavy atom. The highest BCUT2D eigenvalue weighted by atomic mass is 32.2. The van der Waals surface area contributed by atoms with Gasteiger partial charge in [-0.1, -0.05) is 6.07 Å². The van der Waals surface area contributed by atoms with Crippen LogP contribution >= 0.6 is 22.7 Å². The zero-order valence-corrected chi connectivity index (χ0v) is 13.4. The summed E-state index contributed by atoms with van der Waals surface area (Å²) in [6.07, 6.45) is 0. The summed E-state index contributed by atoms with van der Waals surface area (Å²) in [7, 11) is -3.53. The molecule has 0 saturated heterocycles. The minimum atomic E-state index is -3.53. The highest BCUT2D eigenvalue weighted by molar-refractivity contribution is 7.91. The predicted octanol–water partition coefficient (Wildman–Crippen LogP) is 2.65. The van der Waals surface area contributed by atoms with Crippen LogP contribution in [-0.2, 0) is 16.6 Å². The number of sulfonamides is 1. The van der Waals surface area contributed by atoms with Gasteiger partial charge in [0.1, 0.15) is 4.21 Å². The Morgan fingerprint density at radius 2 is 2.14 bits per heavy atom. The molecule has 9 heteroatoms. The van der Waals surface area contributed by atoms with E-state index in [0.29, 0.717) is 16.7 Å². The second kappa shape index (κ2) is 5.68. The van der Waals surface area contributed by atoms with Crippen molar-refractivity contribution in [1.29, 1.82) is 0 Å². The molecular formula is C12H11N3O3S3. The number of rotatable bonds is 5. The van der Waals surface area contributed by atoms with E-state index < -0.39 is 10.0 Å². The Morgan fingerprint density at radius 1 is 1.29 bits per heavy atom. The van der Waals surface area contributed by atoms with Crippen LogP contribution in [0.1, 0.15) is 10.8 Å². The van der Waals surface area contributed by atoms with Crippen molar-refractivity contribution < 1.29 is 12.8 Å². The van der Waals surface area contributed by atoms with Crippen molar-refractivity contribution in [2.45, 2.75) is 17.7 Å². The van der Waals surface area contributed by atoms with E-state index >= 15 is 0 Å². The maximum Gasteiger partial charge on any atom is 0.257 e. The first-order valence-corrected chi connectivity index (χ1v) is 9.15. The van der Waals surface area contributed by atoms with Gasteiger partial charge in [-0.05, 0) is 23.6 Å². The Bertz CT molecular complexity index is 834. The van der Waals surface area contributed by atoms with E-state index in [2.05, 4.69) is 14.9 Å². The quantitative estimate of drug-likeness (QED) is 0.771. The maximum atomic E-state index is 12.2. The number of nitrogens with zero attached hydrogens (tertiary/aromatic N) is 2. The number of hydrogen-bond donors (Lipinski definition) is 1. The van der Waals surface area contributed by atoms with Crippen LogP contribution in [-0.4, -0.2) is 18.6 Å². The Kier molecular flexibility index (Phi) is 3.89. The van der Waals surface area contributed by atoms with E-state index in [1.165, 1.54) is 17.4 Å². The smallest absolute Gasteiger partial charge is 0.257 e. The van der Waals surface area contributed by atoms with Gasteiger partial charge in [0.05, 0.1) is 4.88 Å². The van der Waals surface area contributed by atoms with Crippen molar-refractivity contribution in [3.63, 3.8) is 0 Å². The molecule has 0 saturated carbocycles. The van der Waals surface area contributed by atoms with Crippen LogP contribution in [0, 0.1) is 6.92 Å². The minimum Gasteiger partial charge on any atom is -0.420 e. The molecule has 6 nitrogen and oxygen atoms in total. The van der Waals surface area contributed by atoms with Gasteiger partial charge in [-0.25, -0.2) is 13.1 Å². The second-order valence-electron chi connectivity index (χ2n) is 4.15. The molecule has 3 aromatic rings. The van der Waals surface area contributed by atoms with Crippen LogP contribution in [0.25, 0.3) is 10.8 Å². The summed E-state index contributed by atoms with van der Waals surface area (Å²) in [6, 6.07) is 6.97. The van der Waals surface area contributed by atoms with E-state index in [1.54, 1.807) is 13.0 Å². The molecule has 0 aliphatic carbocycles. The largest absolute Gasteiger partial charge is 0.420 e. The first kappa shape index (κ1) is 14.4. The summed E-state index contributed by atoms with van der Waals surface area (Å²) in [6.45, 7) is 1.97. The summed E-state index contributed by atoms with van der Waals surface area (Å²) >= 11 is 2.61. The van der Waals surface area contributed by atoms with E-state index in [1.807, 2.05) is 17.5 Å². The third kappa shape index (κ3) is 3.21. The normalized spacial score (nSPS) is 11.9. The van der Waals surface area contributed by atoms with Gasteiger partial charge in [0.15, 0.2) is 0 Å². The molecule has 110 valence electrons. The lowest BCUT2D eigenvalue weighted by Crippen LogP contribution is -2.21. The van der Waals surface area contributed by atoms with Crippen LogP contribution < -0.4 is 4.72 Å². The van der Waals surface area contributed by atoms with Crippen molar-refractivity contribution in [2.24, 2.45) is 0 Å². The topological polar surface area (TPSA) is 85.1 Å². The molecule has 3 aromatic heterocycles. The molecule has 3 heterocycles. The number of aromatic nitrogens is 2. The van der Waals surface area contributed by atoms with Crippen molar-refractivity contribution >= 4 is 32.7 Å². The molecule has 0 spiro atoms. The Labute approximate surface area is 129 Å². The van der Waals surface area contributed by atoms with E-state index in [9.17, 15) is 8.42 Å². The number of thiophene rings is 2. The second-order valence-corrected chi connectivity index (χ2v) is 8.26. The lowest BCUT2D eigenvalue weighted by molar-refractivity contribution is 0.534. The average molecular weight is 341 g/mol. The SMILES string of the molecule is Cc1nnc(-c2ccc(S(=O)(=O)NCc3cccs3)s2)o1. The fraction of sp³-hybridized carbons (Fsp3) is 0.167. The van der Waals surface area contributed by atoms with E-state index in [0.717, 1.165) is 16.2 Å². The summed E-state index contributed by atoms with van der Waals surface area (Å²) < 4.78 is 32.5. The molecule has 0 fully saturated rings. The lowest BCUT2D eigenvalue weighted by atomic mass is 10.5. The first-order chi connectivity index (χ1) is 10.0. The lowest BCUT2D eigenvalue weighted by Gasteiger charge is -2.02. The van der Waals surface area contributed by atoms with E-state index in [-0.39, 0.29) is 10.8 Å². The van der Waals surface area contributed by atoms with Crippen LogP contribution in [0.2, 0.25) is 0 Å². The highest BCUT2D eigenvalue weighted by Crippen LogP contribution is 2.29. The molecule has 0 radical (unpaired) electrons. The number of hydrogen-bond acceptors (Lipinski definition) is 7. The first-order valence-electron chi connectivity index (χ1n) is 5.97. The van der Waals surface area contributed by atoms with Crippen LogP contribution in [0.3, 0.4) is 0 Å². The molecule has 21 heavy (non-hydrogen) atoms. The summed E-state index contributed by atoms with van der Waals surface area (Å²) in [4.78, 5) is 1.59. The van der Waals surface area contributed by atoms with Crippen molar-refractivity contribution in [1.82, 2.24) is 14.9 Å². The van der Waals surface area contributed by atoms with Crippen LogP contribution in [0.5, 0.6) is 0 Å². The van der Waals surface area contributed by atoms with Crippen molar-refractivity contribution in [3.05, 3.63) is 40.4 Å². The minimum absolute atomic E-state index is 0.227. The van der Waals surface area contributed by atoms with Crippen molar-refractivity contribution in [3.8, 4) is 10.8 Å². The Hall–Kier alpha value is -1.55. The van der Waals surface area contributed by atoms with E-state index in [4.69, 9.17) is 4.42 Å². The third-order valence-electron chi connectivity index (χ3n) is 2.60. The van der Waals surface area contributed by atoms with Gasteiger partial charge in [-0.3, -0.25) is 0 Å². The zero-order chi connectivity index (χ0) is 14.9. The molecule has 0 unspecified atom stereocenters. The highest BCUT2D eigenvalue weighted by Gasteiger charge is 2.19. The van der Waals surface area contributed by atoms with Crippen LogP contribution in [0.4, 0.5) is 0 Å². The van der Waals surface area contributed by atoms with Crippen LogP contribution in [0.15, 0.2) is 38.3 Å². The number of aryl methyl sites for hydroxylation is 1. The molecule has 0 aromatic carbocycles. The predicted molar refractivity (Wildman–Crippen MR) is 80.7 cm³/mol. The summed E-state index contributed by atoms with van der Waals surface area (Å²) in [5, 5.41) is 9.52. The van der Waals surface area contributed by atoms with Gasteiger partial charge in [0, 0.05) is 18.3 Å². The third-order valence-corrected chi connectivity index (χ3v) is 6.44.